The van der Waals surface area contributed by atoms with Crippen LogP contribution >= 0.6 is 0 Å². The summed E-state index contributed by atoms with van der Waals surface area (Å²) < 4.78 is 19.8. The molecule has 0 aromatic heterocycles. The number of carbonyl (C=O) groups is 2. The number of aliphatic hydroxyl groups excluding tert-OH is 1. The van der Waals surface area contributed by atoms with Crippen molar-refractivity contribution in [3.8, 4) is 5.75 Å². The molecule has 1 N–H and O–H groups in total. The Morgan fingerprint density at radius 1 is 1.18 bits per heavy atom. The Morgan fingerprint density at radius 2 is 1.82 bits per heavy atom. The van der Waals surface area contributed by atoms with Crippen LogP contribution in [-0.2, 0) is 9.59 Å². The SMILES string of the molecule is COc1ccc(N2C(=O)C(O)=C(C(=O)CC(C)C)C2c2ccccc2F)cc1. The zero-order valence-electron chi connectivity index (χ0n) is 16.0. The molecular formula is C22H22FNO4. The predicted molar refractivity (Wildman–Crippen MR) is 104 cm³/mol. The summed E-state index contributed by atoms with van der Waals surface area (Å²) in [7, 11) is 1.52. The van der Waals surface area contributed by atoms with E-state index in [-0.39, 0.29) is 29.3 Å². The van der Waals surface area contributed by atoms with Crippen LogP contribution in [0.25, 0.3) is 0 Å². The molecule has 28 heavy (non-hydrogen) atoms. The van der Waals surface area contributed by atoms with Gasteiger partial charge in [-0.3, -0.25) is 14.5 Å². The molecule has 1 amide bonds. The second-order valence-corrected chi connectivity index (χ2v) is 7.08. The quantitative estimate of drug-likeness (QED) is 0.805. The number of hydrogen-bond donors (Lipinski definition) is 1. The normalized spacial score (nSPS) is 16.8. The fourth-order valence-corrected chi connectivity index (χ4v) is 3.37. The number of benzene rings is 2. The van der Waals surface area contributed by atoms with E-state index in [2.05, 4.69) is 0 Å². The third-order valence-electron chi connectivity index (χ3n) is 4.65. The maximum absolute atomic E-state index is 14.6. The first-order valence-corrected chi connectivity index (χ1v) is 9.03. The number of Topliss-reactive ketones (excluding diaryl/α,β-unsaturated/α-hetero) is 1. The fraction of sp³-hybridized carbons (Fsp3) is 0.273. The number of halogens is 1. The minimum absolute atomic E-state index is 0.0270. The summed E-state index contributed by atoms with van der Waals surface area (Å²) in [6, 6.07) is 11.5. The van der Waals surface area contributed by atoms with Crippen molar-refractivity contribution >= 4 is 17.4 Å². The van der Waals surface area contributed by atoms with Crippen LogP contribution in [0.5, 0.6) is 5.75 Å². The first kappa shape index (κ1) is 19.6. The van der Waals surface area contributed by atoms with Gasteiger partial charge in [0.15, 0.2) is 11.5 Å². The van der Waals surface area contributed by atoms with Gasteiger partial charge in [0, 0.05) is 17.7 Å². The Bertz CT molecular complexity index is 934. The third-order valence-corrected chi connectivity index (χ3v) is 4.65. The molecule has 0 bridgehead atoms. The van der Waals surface area contributed by atoms with E-state index in [1.807, 2.05) is 13.8 Å². The van der Waals surface area contributed by atoms with Gasteiger partial charge in [0.25, 0.3) is 5.91 Å². The lowest BCUT2D eigenvalue weighted by Crippen LogP contribution is -2.31. The first-order chi connectivity index (χ1) is 13.3. The van der Waals surface area contributed by atoms with Crippen LogP contribution in [0.15, 0.2) is 59.9 Å². The maximum atomic E-state index is 14.6. The van der Waals surface area contributed by atoms with Gasteiger partial charge in [0.05, 0.1) is 18.7 Å². The number of methoxy groups -OCH3 is 1. The largest absolute Gasteiger partial charge is 0.503 e. The zero-order valence-corrected chi connectivity index (χ0v) is 16.0. The highest BCUT2D eigenvalue weighted by Gasteiger charge is 2.45. The molecule has 2 aromatic rings. The van der Waals surface area contributed by atoms with Gasteiger partial charge >= 0.3 is 0 Å². The molecule has 2 aromatic carbocycles. The summed E-state index contributed by atoms with van der Waals surface area (Å²) >= 11 is 0. The van der Waals surface area contributed by atoms with Gasteiger partial charge < -0.3 is 9.84 Å². The number of amides is 1. The van der Waals surface area contributed by atoms with Crippen LogP contribution in [0.3, 0.4) is 0 Å². The second kappa shape index (κ2) is 7.84. The standard InChI is InChI=1S/C22H22FNO4/c1-13(2)12-18(25)19-20(16-6-4-5-7-17(16)23)24(22(27)21(19)26)14-8-10-15(28-3)11-9-14/h4-11,13,20,26H,12H2,1-3H3. The molecule has 1 heterocycles. The van der Waals surface area contributed by atoms with Gasteiger partial charge in [-0.2, -0.15) is 0 Å². The summed E-state index contributed by atoms with van der Waals surface area (Å²) in [5, 5.41) is 10.5. The number of aliphatic hydroxyl groups is 1. The van der Waals surface area contributed by atoms with E-state index in [1.54, 1.807) is 30.3 Å². The summed E-state index contributed by atoms with van der Waals surface area (Å²) in [6.07, 6.45) is 0.147. The molecule has 1 atom stereocenters. The van der Waals surface area contributed by atoms with Crippen molar-refractivity contribution in [2.45, 2.75) is 26.3 Å². The van der Waals surface area contributed by atoms with E-state index < -0.39 is 23.5 Å². The molecule has 3 rings (SSSR count). The van der Waals surface area contributed by atoms with E-state index in [1.165, 1.54) is 30.2 Å². The molecule has 0 saturated carbocycles. The highest BCUT2D eigenvalue weighted by Crippen LogP contribution is 2.42. The van der Waals surface area contributed by atoms with Crippen molar-refractivity contribution in [1.82, 2.24) is 0 Å². The lowest BCUT2D eigenvalue weighted by Gasteiger charge is -2.27. The Kier molecular flexibility index (Phi) is 5.49. The average Bonchev–Trinajstić information content (AvgIpc) is 2.93. The number of rotatable bonds is 6. The van der Waals surface area contributed by atoms with Crippen molar-refractivity contribution in [3.63, 3.8) is 0 Å². The van der Waals surface area contributed by atoms with Crippen molar-refractivity contribution < 1.29 is 23.8 Å². The molecule has 146 valence electrons. The molecule has 0 radical (unpaired) electrons. The molecule has 1 unspecified atom stereocenters. The number of nitrogens with zero attached hydrogens (tertiary/aromatic N) is 1. The topological polar surface area (TPSA) is 66.8 Å². The molecular weight excluding hydrogens is 361 g/mol. The molecule has 1 aliphatic rings. The van der Waals surface area contributed by atoms with Crippen molar-refractivity contribution in [2.24, 2.45) is 5.92 Å². The monoisotopic (exact) mass is 383 g/mol. The lowest BCUT2D eigenvalue weighted by molar-refractivity contribution is -0.118. The van der Waals surface area contributed by atoms with Crippen LogP contribution in [0.4, 0.5) is 10.1 Å². The minimum atomic E-state index is -1.03. The van der Waals surface area contributed by atoms with Crippen LogP contribution in [0.1, 0.15) is 31.9 Å². The minimum Gasteiger partial charge on any atom is -0.503 e. The van der Waals surface area contributed by atoms with Gasteiger partial charge in [-0.25, -0.2) is 4.39 Å². The first-order valence-electron chi connectivity index (χ1n) is 9.03. The lowest BCUT2D eigenvalue weighted by atomic mass is 9.91. The molecule has 0 aliphatic carbocycles. The van der Waals surface area contributed by atoms with Gasteiger partial charge in [-0.05, 0) is 36.2 Å². The third kappa shape index (κ3) is 3.50. The van der Waals surface area contributed by atoms with E-state index >= 15 is 0 Å². The Morgan fingerprint density at radius 3 is 2.39 bits per heavy atom. The van der Waals surface area contributed by atoms with Crippen molar-refractivity contribution in [3.05, 3.63) is 71.2 Å². The zero-order chi connectivity index (χ0) is 20.4. The summed E-state index contributed by atoms with van der Waals surface area (Å²) in [4.78, 5) is 27.0. The Balaban J connectivity index is 2.15. The Labute approximate surface area is 163 Å². The highest BCUT2D eigenvalue weighted by atomic mass is 19.1. The van der Waals surface area contributed by atoms with Gasteiger partial charge in [0.2, 0.25) is 0 Å². The average molecular weight is 383 g/mol. The molecule has 0 spiro atoms. The van der Waals surface area contributed by atoms with Crippen LogP contribution in [-0.4, -0.2) is 23.9 Å². The second-order valence-electron chi connectivity index (χ2n) is 7.08. The van der Waals surface area contributed by atoms with Gasteiger partial charge in [-0.1, -0.05) is 32.0 Å². The highest BCUT2D eigenvalue weighted by molar-refractivity contribution is 6.16. The van der Waals surface area contributed by atoms with E-state index in [9.17, 15) is 19.1 Å². The predicted octanol–water partition coefficient (Wildman–Crippen LogP) is 4.35. The van der Waals surface area contributed by atoms with E-state index in [4.69, 9.17) is 4.74 Å². The summed E-state index contributed by atoms with van der Waals surface area (Å²) in [5.41, 5.74) is 0.514. The molecule has 0 fully saturated rings. The Hall–Kier alpha value is -3.15. The van der Waals surface area contributed by atoms with Crippen LogP contribution in [0.2, 0.25) is 0 Å². The number of anilines is 1. The van der Waals surface area contributed by atoms with E-state index in [0.717, 1.165) is 0 Å². The molecule has 6 heteroatoms. The number of ketones is 1. The number of hydrogen-bond acceptors (Lipinski definition) is 4. The summed E-state index contributed by atoms with van der Waals surface area (Å²) in [6.45, 7) is 3.73. The molecule has 1 aliphatic heterocycles. The smallest absolute Gasteiger partial charge is 0.294 e. The van der Waals surface area contributed by atoms with Crippen LogP contribution < -0.4 is 9.64 Å². The maximum Gasteiger partial charge on any atom is 0.294 e. The van der Waals surface area contributed by atoms with Gasteiger partial charge in [0.1, 0.15) is 11.6 Å². The van der Waals surface area contributed by atoms with Crippen molar-refractivity contribution in [1.29, 1.82) is 0 Å². The van der Waals surface area contributed by atoms with E-state index in [0.29, 0.717) is 11.4 Å². The van der Waals surface area contributed by atoms with Crippen molar-refractivity contribution in [2.75, 3.05) is 12.0 Å². The fourth-order valence-electron chi connectivity index (χ4n) is 3.37. The number of ether oxygens (including phenoxy) is 1. The number of carbonyl (C=O) groups excluding carboxylic acids is 2. The molecule has 5 nitrogen and oxygen atoms in total. The van der Waals surface area contributed by atoms with Gasteiger partial charge in [-0.15, -0.1) is 0 Å². The molecule has 0 saturated heterocycles. The summed E-state index contributed by atoms with van der Waals surface area (Å²) in [5.74, 6) is -1.67. The van der Waals surface area contributed by atoms with Crippen LogP contribution in [0, 0.1) is 11.7 Å².